The fourth-order valence-corrected chi connectivity index (χ4v) is 2.08. The molecule has 4 N–H and O–H groups in total. The maximum Gasteiger partial charge on any atom is 0.147 e. The summed E-state index contributed by atoms with van der Waals surface area (Å²) in [5.74, 6) is 11.7. The molecule has 100 valence electrons. The van der Waals surface area contributed by atoms with E-state index in [0.29, 0.717) is 11.5 Å². The summed E-state index contributed by atoms with van der Waals surface area (Å²) in [4.78, 5) is 9.57. The molecule has 0 fully saturated rings. The van der Waals surface area contributed by atoms with Crippen LogP contribution in [0.5, 0.6) is 11.5 Å². The molecule has 0 spiro atoms. The molecule has 0 aromatic heterocycles. The van der Waals surface area contributed by atoms with Crippen LogP contribution in [0.1, 0.15) is 25.0 Å². The van der Waals surface area contributed by atoms with Crippen LogP contribution in [0.25, 0.3) is 0 Å². The topological polar surface area (TPSA) is 70.5 Å². The largest absolute Gasteiger partial charge is 0.412 e. The lowest BCUT2D eigenvalue weighted by Crippen LogP contribution is -2.19. The van der Waals surface area contributed by atoms with E-state index in [1.54, 1.807) is 0 Å². The van der Waals surface area contributed by atoms with Gasteiger partial charge in [0, 0.05) is 5.41 Å². The highest BCUT2D eigenvalue weighted by Gasteiger charge is 2.24. The minimum absolute atomic E-state index is 0.205. The molecule has 0 aliphatic carbocycles. The summed E-state index contributed by atoms with van der Waals surface area (Å²) in [6.07, 6.45) is 0. The highest BCUT2D eigenvalue weighted by atomic mass is 16.6. The van der Waals surface area contributed by atoms with Gasteiger partial charge in [0.2, 0.25) is 0 Å². The predicted octanol–water partition coefficient (Wildman–Crippen LogP) is 2.52. The van der Waals surface area contributed by atoms with E-state index in [4.69, 9.17) is 21.5 Å². The summed E-state index contributed by atoms with van der Waals surface area (Å²) < 4.78 is 0. The highest BCUT2D eigenvalue weighted by molar-refractivity contribution is 5.43. The molecular formula is C15H18N2O2. The van der Waals surface area contributed by atoms with E-state index >= 15 is 0 Å². The van der Waals surface area contributed by atoms with Gasteiger partial charge in [-0.05, 0) is 35.4 Å². The monoisotopic (exact) mass is 258 g/mol. The van der Waals surface area contributed by atoms with E-state index in [1.165, 1.54) is 0 Å². The first kappa shape index (κ1) is 13.4. The molecule has 0 saturated carbocycles. The van der Waals surface area contributed by atoms with Gasteiger partial charge in [-0.25, -0.2) is 0 Å². The molecule has 0 unspecified atom stereocenters. The SMILES string of the molecule is CC(C)(c1cccc(ON)c1)c1cccc(ON)c1. The molecule has 0 heterocycles. The maximum absolute atomic E-state index is 5.21. The maximum atomic E-state index is 5.21. The summed E-state index contributed by atoms with van der Waals surface area (Å²) in [5.41, 5.74) is 2.00. The molecule has 4 nitrogen and oxygen atoms in total. The van der Waals surface area contributed by atoms with Crippen molar-refractivity contribution in [1.29, 1.82) is 0 Å². The molecule has 0 saturated heterocycles. The zero-order valence-electron chi connectivity index (χ0n) is 11.1. The Labute approximate surface area is 112 Å². The van der Waals surface area contributed by atoms with E-state index < -0.39 is 0 Å². The standard InChI is InChI=1S/C15H18N2O2/c1-15(2,11-5-3-7-13(9-11)18-16)12-6-4-8-14(10-12)19-17/h3-10H,16-17H2,1-2H3. The average molecular weight is 258 g/mol. The first-order chi connectivity index (χ1) is 9.07. The molecule has 2 rings (SSSR count). The van der Waals surface area contributed by atoms with Gasteiger partial charge in [-0.1, -0.05) is 38.1 Å². The lowest BCUT2D eigenvalue weighted by atomic mass is 9.78. The minimum Gasteiger partial charge on any atom is -0.412 e. The van der Waals surface area contributed by atoms with Crippen LogP contribution in [0.2, 0.25) is 0 Å². The van der Waals surface area contributed by atoms with Gasteiger partial charge in [-0.3, -0.25) is 0 Å². The van der Waals surface area contributed by atoms with Crippen LogP contribution >= 0.6 is 0 Å². The van der Waals surface area contributed by atoms with Gasteiger partial charge in [0.05, 0.1) is 0 Å². The first-order valence-corrected chi connectivity index (χ1v) is 6.02. The van der Waals surface area contributed by atoms with Gasteiger partial charge >= 0.3 is 0 Å². The Morgan fingerprint density at radius 1 is 0.789 bits per heavy atom. The zero-order valence-corrected chi connectivity index (χ0v) is 11.1. The Hall–Kier alpha value is -2.04. The Morgan fingerprint density at radius 2 is 1.21 bits per heavy atom. The van der Waals surface area contributed by atoms with Crippen molar-refractivity contribution in [2.75, 3.05) is 0 Å². The van der Waals surface area contributed by atoms with Crippen LogP contribution in [-0.2, 0) is 5.41 Å². The third-order valence-electron chi connectivity index (χ3n) is 3.38. The third-order valence-corrected chi connectivity index (χ3v) is 3.38. The minimum atomic E-state index is -0.205. The van der Waals surface area contributed by atoms with Crippen LogP contribution in [0.3, 0.4) is 0 Å². The Kier molecular flexibility index (Phi) is 3.74. The quantitative estimate of drug-likeness (QED) is 0.827. The van der Waals surface area contributed by atoms with E-state index in [2.05, 4.69) is 13.8 Å². The highest BCUT2D eigenvalue weighted by Crippen LogP contribution is 2.34. The first-order valence-electron chi connectivity index (χ1n) is 6.02. The molecule has 0 atom stereocenters. The van der Waals surface area contributed by atoms with Gasteiger partial charge < -0.3 is 9.68 Å². The second kappa shape index (κ2) is 5.30. The predicted molar refractivity (Wildman–Crippen MR) is 74.6 cm³/mol. The second-order valence-electron chi connectivity index (χ2n) is 4.92. The van der Waals surface area contributed by atoms with Crippen molar-refractivity contribution in [3.8, 4) is 11.5 Å². The van der Waals surface area contributed by atoms with Crippen molar-refractivity contribution >= 4 is 0 Å². The summed E-state index contributed by atoms with van der Waals surface area (Å²) >= 11 is 0. The average Bonchev–Trinajstić information content (AvgIpc) is 2.47. The van der Waals surface area contributed by atoms with E-state index in [-0.39, 0.29) is 5.41 Å². The Morgan fingerprint density at radius 3 is 1.58 bits per heavy atom. The zero-order chi connectivity index (χ0) is 13.9. The Balaban J connectivity index is 2.44. The van der Waals surface area contributed by atoms with E-state index in [1.807, 2.05) is 48.5 Å². The van der Waals surface area contributed by atoms with Crippen LogP contribution in [-0.4, -0.2) is 0 Å². The molecule has 4 heteroatoms. The molecule has 2 aromatic rings. The molecule has 2 aromatic carbocycles. The molecule has 0 aliphatic rings. The van der Waals surface area contributed by atoms with E-state index in [9.17, 15) is 0 Å². The lowest BCUT2D eigenvalue weighted by molar-refractivity contribution is 0.332. The molecule has 0 amide bonds. The number of benzene rings is 2. The summed E-state index contributed by atoms with van der Waals surface area (Å²) in [7, 11) is 0. The summed E-state index contributed by atoms with van der Waals surface area (Å²) in [6.45, 7) is 4.25. The normalized spacial score (nSPS) is 11.2. The number of hydrogen-bond acceptors (Lipinski definition) is 4. The van der Waals surface area contributed by atoms with Crippen LogP contribution < -0.4 is 21.5 Å². The lowest BCUT2D eigenvalue weighted by Gasteiger charge is -2.26. The molecule has 0 aliphatic heterocycles. The molecular weight excluding hydrogens is 240 g/mol. The van der Waals surface area contributed by atoms with Crippen molar-refractivity contribution in [1.82, 2.24) is 0 Å². The van der Waals surface area contributed by atoms with E-state index in [0.717, 1.165) is 11.1 Å². The molecule has 0 radical (unpaired) electrons. The van der Waals surface area contributed by atoms with Crippen molar-refractivity contribution in [3.05, 3.63) is 59.7 Å². The van der Waals surface area contributed by atoms with Gasteiger partial charge in [-0.15, -0.1) is 0 Å². The molecule has 19 heavy (non-hydrogen) atoms. The smallest absolute Gasteiger partial charge is 0.147 e. The number of hydrogen-bond donors (Lipinski definition) is 2. The van der Waals surface area contributed by atoms with Crippen molar-refractivity contribution in [2.24, 2.45) is 11.8 Å². The summed E-state index contributed by atoms with van der Waals surface area (Å²) in [6, 6.07) is 15.4. The van der Waals surface area contributed by atoms with Crippen LogP contribution in [0, 0.1) is 0 Å². The fourth-order valence-electron chi connectivity index (χ4n) is 2.08. The number of nitrogens with two attached hydrogens (primary N) is 2. The van der Waals surface area contributed by atoms with Gasteiger partial charge in [-0.2, -0.15) is 11.8 Å². The third kappa shape index (κ3) is 2.70. The van der Waals surface area contributed by atoms with Crippen LogP contribution in [0.4, 0.5) is 0 Å². The Bertz CT molecular complexity index is 518. The van der Waals surface area contributed by atoms with Crippen LogP contribution in [0.15, 0.2) is 48.5 Å². The van der Waals surface area contributed by atoms with Crippen molar-refractivity contribution in [3.63, 3.8) is 0 Å². The van der Waals surface area contributed by atoms with Gasteiger partial charge in [0.15, 0.2) is 0 Å². The number of rotatable bonds is 4. The van der Waals surface area contributed by atoms with Gasteiger partial charge in [0.1, 0.15) is 11.5 Å². The molecule has 0 bridgehead atoms. The fraction of sp³-hybridized carbons (Fsp3) is 0.200. The summed E-state index contributed by atoms with van der Waals surface area (Å²) in [5, 5.41) is 0. The second-order valence-corrected chi connectivity index (χ2v) is 4.92. The van der Waals surface area contributed by atoms with Crippen molar-refractivity contribution < 1.29 is 9.68 Å². The van der Waals surface area contributed by atoms with Crippen molar-refractivity contribution in [2.45, 2.75) is 19.3 Å². The van der Waals surface area contributed by atoms with Gasteiger partial charge in [0.25, 0.3) is 0 Å².